The minimum absolute atomic E-state index is 0.189. The van der Waals surface area contributed by atoms with Crippen molar-refractivity contribution in [1.82, 2.24) is 5.32 Å². The van der Waals surface area contributed by atoms with Crippen LogP contribution in [0.5, 0.6) is 5.75 Å². The van der Waals surface area contributed by atoms with E-state index in [1.54, 1.807) is 0 Å². The maximum absolute atomic E-state index is 12.7. The van der Waals surface area contributed by atoms with Crippen molar-refractivity contribution in [1.29, 1.82) is 0 Å². The number of para-hydroxylation sites is 1. The van der Waals surface area contributed by atoms with Crippen molar-refractivity contribution < 1.29 is 52.8 Å². The Kier molecular flexibility index (Phi) is 8.74. The van der Waals surface area contributed by atoms with Crippen molar-refractivity contribution >= 4 is 29.8 Å². The molecule has 12 nitrogen and oxygen atoms in total. The number of nitrogens with one attached hydrogen (secondary N) is 1. The Hall–Kier alpha value is -3.67. The Bertz CT molecular complexity index is 915. The summed E-state index contributed by atoms with van der Waals surface area (Å²) in [6.45, 7) is 4.06. The van der Waals surface area contributed by atoms with E-state index in [0.717, 1.165) is 20.8 Å². The van der Waals surface area contributed by atoms with Crippen LogP contribution in [0.4, 0.5) is 0 Å². The Morgan fingerprint density at radius 1 is 0.909 bits per heavy atom. The van der Waals surface area contributed by atoms with E-state index in [1.165, 1.54) is 31.2 Å². The molecule has 2 rings (SSSR count). The number of aromatic hydroxyl groups is 1. The fourth-order valence-corrected chi connectivity index (χ4v) is 3.21. The maximum Gasteiger partial charge on any atom is 0.344 e. The van der Waals surface area contributed by atoms with E-state index in [4.69, 9.17) is 23.7 Å². The van der Waals surface area contributed by atoms with Crippen molar-refractivity contribution in [2.75, 3.05) is 6.61 Å². The van der Waals surface area contributed by atoms with E-state index < -0.39 is 67.0 Å². The van der Waals surface area contributed by atoms with Crippen LogP contribution in [0.15, 0.2) is 24.3 Å². The Labute approximate surface area is 189 Å². The van der Waals surface area contributed by atoms with Gasteiger partial charge in [-0.15, -0.1) is 0 Å². The van der Waals surface area contributed by atoms with Gasteiger partial charge < -0.3 is 34.1 Å². The number of hydrogen-bond acceptors (Lipinski definition) is 11. The highest BCUT2D eigenvalue weighted by atomic mass is 16.7. The van der Waals surface area contributed by atoms with E-state index >= 15 is 0 Å². The minimum Gasteiger partial charge on any atom is -0.507 e. The van der Waals surface area contributed by atoms with E-state index in [9.17, 15) is 29.1 Å². The third-order valence-corrected chi connectivity index (χ3v) is 4.42. The Balaban J connectivity index is 2.45. The molecular weight excluding hydrogens is 442 g/mol. The summed E-state index contributed by atoms with van der Waals surface area (Å²) in [5.74, 6) is -4.18. The monoisotopic (exact) mass is 467 g/mol. The predicted octanol–water partition coefficient (Wildman–Crippen LogP) is 0.205. The van der Waals surface area contributed by atoms with Gasteiger partial charge in [-0.1, -0.05) is 12.1 Å². The lowest BCUT2D eigenvalue weighted by molar-refractivity contribution is -0.263. The number of esters is 4. The molecule has 0 aliphatic carbocycles. The number of ether oxygens (including phenoxy) is 5. The molecule has 1 aromatic carbocycles. The summed E-state index contributed by atoms with van der Waals surface area (Å²) in [4.78, 5) is 59.4. The molecule has 0 bridgehead atoms. The quantitative estimate of drug-likeness (QED) is 0.416. The molecule has 1 heterocycles. The second kappa shape index (κ2) is 11.3. The van der Waals surface area contributed by atoms with Crippen molar-refractivity contribution in [2.24, 2.45) is 0 Å². The fourth-order valence-electron chi connectivity index (χ4n) is 3.21. The van der Waals surface area contributed by atoms with Crippen molar-refractivity contribution in [3.63, 3.8) is 0 Å². The number of benzene rings is 1. The Morgan fingerprint density at radius 2 is 1.52 bits per heavy atom. The van der Waals surface area contributed by atoms with Gasteiger partial charge in [0.15, 0.2) is 12.2 Å². The summed E-state index contributed by atoms with van der Waals surface area (Å²) in [7, 11) is 0. The van der Waals surface area contributed by atoms with E-state index in [2.05, 4.69) is 5.32 Å². The van der Waals surface area contributed by atoms with Crippen LogP contribution in [0, 0.1) is 0 Å². The van der Waals surface area contributed by atoms with E-state index in [1.807, 2.05) is 0 Å². The molecule has 12 heteroatoms. The molecule has 1 amide bonds. The standard InChI is InChI=1S/C21H25NO11/c1-10(23)22-17-19(31-13(4)26)18(30-12(3)25)16(9-29-11(2)24)32-21(17)33-20(28)14-7-5-6-8-15(14)27/h5-8,16-19,21,27H,9H2,1-4H3,(H,22,23)/t16-,17+,18+,19+,21+/m0/s1. The summed E-state index contributed by atoms with van der Waals surface area (Å²) >= 11 is 0. The summed E-state index contributed by atoms with van der Waals surface area (Å²) in [5, 5.41) is 12.4. The predicted molar refractivity (Wildman–Crippen MR) is 108 cm³/mol. The van der Waals surface area contributed by atoms with Gasteiger partial charge in [0.1, 0.15) is 30.1 Å². The van der Waals surface area contributed by atoms with E-state index in [-0.39, 0.29) is 11.3 Å². The average Bonchev–Trinajstić information content (AvgIpc) is 2.70. The molecule has 1 saturated heterocycles. The molecule has 1 aromatic rings. The van der Waals surface area contributed by atoms with Crippen LogP contribution in [0.3, 0.4) is 0 Å². The summed E-state index contributed by atoms with van der Waals surface area (Å²) in [6, 6.07) is 4.25. The van der Waals surface area contributed by atoms with Gasteiger partial charge in [0.2, 0.25) is 12.2 Å². The number of carbonyl (C=O) groups is 5. The third kappa shape index (κ3) is 7.17. The van der Waals surface area contributed by atoms with Crippen LogP contribution in [0.1, 0.15) is 38.1 Å². The van der Waals surface area contributed by atoms with Gasteiger partial charge in [-0.2, -0.15) is 0 Å². The first-order valence-electron chi connectivity index (χ1n) is 9.89. The van der Waals surface area contributed by atoms with Crippen LogP contribution in [0.25, 0.3) is 0 Å². The summed E-state index contributed by atoms with van der Waals surface area (Å²) < 4.78 is 26.6. The number of phenolic OH excluding ortho intramolecular Hbond substituents is 1. The normalized spacial score (nSPS) is 24.2. The molecule has 0 spiro atoms. The molecule has 0 radical (unpaired) electrons. The minimum atomic E-state index is -1.57. The van der Waals surface area contributed by atoms with Gasteiger partial charge in [0.05, 0.1) is 0 Å². The zero-order valence-corrected chi connectivity index (χ0v) is 18.4. The molecule has 0 saturated carbocycles. The topological polar surface area (TPSA) is 164 Å². The summed E-state index contributed by atoms with van der Waals surface area (Å²) in [6.07, 6.45) is -5.48. The second-order valence-corrected chi connectivity index (χ2v) is 7.14. The molecular formula is C21H25NO11. The lowest BCUT2D eigenvalue weighted by atomic mass is 9.96. The zero-order valence-electron chi connectivity index (χ0n) is 18.4. The maximum atomic E-state index is 12.7. The highest BCUT2D eigenvalue weighted by Crippen LogP contribution is 2.29. The number of amides is 1. The van der Waals surface area contributed by atoms with Crippen molar-refractivity contribution in [3.05, 3.63) is 29.8 Å². The first-order chi connectivity index (χ1) is 15.5. The molecule has 0 unspecified atom stereocenters. The first kappa shape index (κ1) is 25.6. The van der Waals surface area contributed by atoms with Gasteiger partial charge >= 0.3 is 23.9 Å². The molecule has 2 N–H and O–H groups in total. The number of phenols is 1. The molecule has 1 fully saturated rings. The fraction of sp³-hybridized carbons (Fsp3) is 0.476. The highest BCUT2D eigenvalue weighted by Gasteiger charge is 2.52. The lowest BCUT2D eigenvalue weighted by Crippen LogP contribution is -2.66. The molecule has 33 heavy (non-hydrogen) atoms. The van der Waals surface area contributed by atoms with Crippen LogP contribution in [0.2, 0.25) is 0 Å². The Morgan fingerprint density at radius 3 is 2.06 bits per heavy atom. The number of hydrogen-bond donors (Lipinski definition) is 2. The van der Waals surface area contributed by atoms with Gasteiger partial charge in [-0.3, -0.25) is 19.2 Å². The van der Waals surface area contributed by atoms with Crippen LogP contribution in [-0.2, 0) is 42.9 Å². The molecule has 5 atom stereocenters. The van der Waals surface area contributed by atoms with Crippen molar-refractivity contribution in [2.45, 2.75) is 58.3 Å². The molecule has 180 valence electrons. The van der Waals surface area contributed by atoms with Crippen molar-refractivity contribution in [3.8, 4) is 5.75 Å². The zero-order chi connectivity index (χ0) is 24.7. The smallest absolute Gasteiger partial charge is 0.344 e. The van der Waals surface area contributed by atoms with Crippen LogP contribution in [-0.4, -0.2) is 72.1 Å². The van der Waals surface area contributed by atoms with Gasteiger partial charge in [0.25, 0.3) is 0 Å². The molecule has 1 aliphatic rings. The summed E-state index contributed by atoms with van der Waals surface area (Å²) in [5.41, 5.74) is -0.189. The molecule has 1 aliphatic heterocycles. The highest BCUT2D eigenvalue weighted by molar-refractivity contribution is 5.92. The van der Waals surface area contributed by atoms with Gasteiger partial charge in [0, 0.05) is 27.7 Å². The van der Waals surface area contributed by atoms with Gasteiger partial charge in [-0.05, 0) is 12.1 Å². The molecule has 0 aromatic heterocycles. The SMILES string of the molecule is CC(=O)N[C@H]1[C@@H](OC(=O)c2ccccc2O)O[C@@H](COC(C)=O)[C@@H](OC(C)=O)[C@@H]1OC(C)=O. The third-order valence-electron chi connectivity index (χ3n) is 4.42. The number of carbonyl (C=O) groups excluding carboxylic acids is 5. The first-order valence-corrected chi connectivity index (χ1v) is 9.89. The number of rotatable bonds is 7. The van der Waals surface area contributed by atoms with Crippen LogP contribution >= 0.6 is 0 Å². The van der Waals surface area contributed by atoms with Crippen LogP contribution < -0.4 is 5.32 Å². The lowest BCUT2D eigenvalue weighted by Gasteiger charge is -2.44. The largest absolute Gasteiger partial charge is 0.507 e. The van der Waals surface area contributed by atoms with E-state index in [0.29, 0.717) is 0 Å². The average molecular weight is 467 g/mol. The second-order valence-electron chi connectivity index (χ2n) is 7.14. The van der Waals surface area contributed by atoms with Gasteiger partial charge in [-0.25, -0.2) is 4.79 Å².